The summed E-state index contributed by atoms with van der Waals surface area (Å²) >= 11 is 11.9. The lowest BCUT2D eigenvalue weighted by Gasteiger charge is -2.32. The van der Waals surface area contributed by atoms with E-state index in [9.17, 15) is 0 Å². The number of rotatable bonds is 11. The number of benzene rings is 1. The number of hydrogen-bond acceptors (Lipinski definition) is 6. The second-order valence-corrected chi connectivity index (χ2v) is 8.53. The van der Waals surface area contributed by atoms with Crippen LogP contribution in [0.3, 0.4) is 0 Å². The number of halogens is 2. The predicted octanol–water partition coefficient (Wildman–Crippen LogP) is 5.83. The molecule has 31 heavy (non-hydrogen) atoms. The third-order valence-corrected chi connectivity index (χ3v) is 5.69. The summed E-state index contributed by atoms with van der Waals surface area (Å²) < 4.78 is 11.8. The highest BCUT2D eigenvalue weighted by molar-refractivity contribution is 6.32. The zero-order valence-corrected chi connectivity index (χ0v) is 19.9. The number of unbranched alkanes of at least 4 members (excludes halogenated alkanes) is 2. The first-order valence-corrected chi connectivity index (χ1v) is 11.9. The van der Waals surface area contributed by atoms with Gasteiger partial charge in [-0.15, -0.1) is 0 Å². The molecule has 1 saturated heterocycles. The third kappa shape index (κ3) is 7.70. The van der Waals surface area contributed by atoms with Gasteiger partial charge in [0.15, 0.2) is 11.5 Å². The Hall–Kier alpha value is -1.76. The number of anilines is 1. The average molecular weight is 467 g/mol. The molecule has 170 valence electrons. The van der Waals surface area contributed by atoms with Crippen LogP contribution in [0.4, 0.5) is 5.82 Å². The van der Waals surface area contributed by atoms with Crippen molar-refractivity contribution in [2.75, 3.05) is 31.6 Å². The molecule has 1 N–H and O–H groups in total. The van der Waals surface area contributed by atoms with E-state index in [2.05, 4.69) is 39.2 Å². The minimum absolute atomic E-state index is 0.162. The van der Waals surface area contributed by atoms with Crippen molar-refractivity contribution >= 4 is 29.0 Å². The molecule has 0 unspecified atom stereocenters. The first-order chi connectivity index (χ1) is 15.1. The maximum absolute atomic E-state index is 5.97. The lowest BCUT2D eigenvalue weighted by atomic mass is 10.0. The van der Waals surface area contributed by atoms with Crippen molar-refractivity contribution in [3.05, 3.63) is 40.3 Å². The lowest BCUT2D eigenvalue weighted by molar-refractivity contribution is 0.210. The van der Waals surface area contributed by atoms with E-state index in [1.807, 2.05) is 13.0 Å². The fraction of sp³-hybridized carbons (Fsp3) is 0.565. The van der Waals surface area contributed by atoms with E-state index < -0.39 is 0 Å². The molecule has 1 aliphatic heterocycles. The Morgan fingerprint density at radius 1 is 1.03 bits per heavy atom. The Morgan fingerprint density at radius 3 is 2.55 bits per heavy atom. The van der Waals surface area contributed by atoms with E-state index in [0.717, 1.165) is 57.0 Å². The number of piperidine rings is 1. The van der Waals surface area contributed by atoms with Gasteiger partial charge in [-0.25, -0.2) is 9.97 Å². The molecule has 3 rings (SSSR count). The van der Waals surface area contributed by atoms with Crippen LogP contribution in [0.5, 0.6) is 11.5 Å². The number of aromatic nitrogens is 2. The highest BCUT2D eigenvalue weighted by atomic mass is 35.5. The quantitative estimate of drug-likeness (QED) is 0.255. The molecule has 0 saturated carbocycles. The highest BCUT2D eigenvalue weighted by Gasteiger charge is 2.20. The smallest absolute Gasteiger partial charge is 0.225 e. The largest absolute Gasteiger partial charge is 0.490 e. The Balaban J connectivity index is 1.51. The standard InChI is InChI=1S/C23H32Cl2N4O2/c1-3-5-6-13-31-19-8-7-17(14-20(19)30-4-2)16-29-11-9-18(10-12-29)26-22-15-21(24)27-23(25)28-22/h7-8,14-15,18H,3-6,9-13,16H2,1-2H3,(H,26,27,28). The van der Waals surface area contributed by atoms with Crippen LogP contribution in [0.2, 0.25) is 10.4 Å². The Morgan fingerprint density at radius 2 is 1.84 bits per heavy atom. The molecule has 8 heteroatoms. The van der Waals surface area contributed by atoms with Crippen molar-refractivity contribution in [2.24, 2.45) is 0 Å². The molecule has 1 aromatic heterocycles. The highest BCUT2D eigenvalue weighted by Crippen LogP contribution is 2.30. The molecule has 2 heterocycles. The summed E-state index contributed by atoms with van der Waals surface area (Å²) in [4.78, 5) is 10.6. The van der Waals surface area contributed by atoms with Crippen LogP contribution in [0.15, 0.2) is 24.3 Å². The Kier molecular flexibility index (Phi) is 9.50. The molecule has 1 fully saturated rings. The summed E-state index contributed by atoms with van der Waals surface area (Å²) in [6.45, 7) is 8.46. The number of nitrogens with zero attached hydrogens (tertiary/aromatic N) is 3. The summed E-state index contributed by atoms with van der Waals surface area (Å²) in [6.07, 6.45) is 5.49. The van der Waals surface area contributed by atoms with Crippen molar-refractivity contribution in [2.45, 2.75) is 58.5 Å². The summed E-state index contributed by atoms with van der Waals surface area (Å²) in [5.74, 6) is 2.36. The summed E-state index contributed by atoms with van der Waals surface area (Å²) in [5.41, 5.74) is 1.24. The van der Waals surface area contributed by atoms with Crippen molar-refractivity contribution in [1.29, 1.82) is 0 Å². The lowest BCUT2D eigenvalue weighted by Crippen LogP contribution is -2.38. The molecule has 6 nitrogen and oxygen atoms in total. The van der Waals surface area contributed by atoms with Crippen molar-refractivity contribution in [3.8, 4) is 11.5 Å². The monoisotopic (exact) mass is 466 g/mol. The van der Waals surface area contributed by atoms with Gasteiger partial charge in [0, 0.05) is 31.7 Å². The number of nitrogens with one attached hydrogen (secondary N) is 1. The van der Waals surface area contributed by atoms with Crippen LogP contribution >= 0.6 is 23.2 Å². The molecule has 1 aromatic carbocycles. The van der Waals surface area contributed by atoms with Crippen LogP contribution in [0.25, 0.3) is 0 Å². The van der Waals surface area contributed by atoms with E-state index in [4.69, 9.17) is 32.7 Å². The molecule has 0 radical (unpaired) electrons. The summed E-state index contributed by atoms with van der Waals surface area (Å²) in [6, 6.07) is 8.36. The zero-order valence-electron chi connectivity index (χ0n) is 18.4. The van der Waals surface area contributed by atoms with Crippen molar-refractivity contribution in [1.82, 2.24) is 14.9 Å². The molecule has 0 atom stereocenters. The first-order valence-electron chi connectivity index (χ1n) is 11.1. The number of likely N-dealkylation sites (tertiary alicyclic amines) is 1. The number of ether oxygens (including phenoxy) is 2. The summed E-state index contributed by atoms with van der Waals surface area (Å²) in [7, 11) is 0. The molecular formula is C23H32Cl2N4O2. The average Bonchev–Trinajstić information content (AvgIpc) is 2.73. The first kappa shape index (κ1) is 23.9. The van der Waals surface area contributed by atoms with Gasteiger partial charge >= 0.3 is 0 Å². The third-order valence-electron chi connectivity index (χ3n) is 5.33. The van der Waals surface area contributed by atoms with E-state index >= 15 is 0 Å². The van der Waals surface area contributed by atoms with Gasteiger partial charge in [-0.2, -0.15) is 0 Å². The minimum atomic E-state index is 0.162. The molecule has 1 aliphatic rings. The van der Waals surface area contributed by atoms with Gasteiger partial charge in [-0.1, -0.05) is 37.4 Å². The fourth-order valence-corrected chi connectivity index (χ4v) is 4.15. The minimum Gasteiger partial charge on any atom is -0.490 e. The predicted molar refractivity (Wildman–Crippen MR) is 127 cm³/mol. The van der Waals surface area contributed by atoms with E-state index in [0.29, 0.717) is 23.6 Å². The van der Waals surface area contributed by atoms with Crippen LogP contribution < -0.4 is 14.8 Å². The van der Waals surface area contributed by atoms with Crippen molar-refractivity contribution < 1.29 is 9.47 Å². The van der Waals surface area contributed by atoms with Crippen LogP contribution in [-0.2, 0) is 6.54 Å². The fourth-order valence-electron chi connectivity index (χ4n) is 3.74. The van der Waals surface area contributed by atoms with Crippen molar-refractivity contribution in [3.63, 3.8) is 0 Å². The van der Waals surface area contributed by atoms with Gasteiger partial charge in [-0.05, 0) is 55.5 Å². The maximum Gasteiger partial charge on any atom is 0.225 e. The van der Waals surface area contributed by atoms with Crippen LogP contribution in [0.1, 0.15) is 51.5 Å². The van der Waals surface area contributed by atoms with Gasteiger partial charge in [-0.3, -0.25) is 4.90 Å². The number of hydrogen-bond donors (Lipinski definition) is 1. The molecule has 0 spiro atoms. The second-order valence-electron chi connectivity index (χ2n) is 7.81. The summed E-state index contributed by atoms with van der Waals surface area (Å²) in [5, 5.41) is 3.94. The maximum atomic E-state index is 5.97. The van der Waals surface area contributed by atoms with E-state index in [1.54, 1.807) is 6.07 Å². The van der Waals surface area contributed by atoms with E-state index in [1.165, 1.54) is 18.4 Å². The van der Waals surface area contributed by atoms with E-state index in [-0.39, 0.29) is 5.28 Å². The van der Waals surface area contributed by atoms with Crippen LogP contribution in [0, 0.1) is 0 Å². The normalized spacial score (nSPS) is 15.1. The van der Waals surface area contributed by atoms with Gasteiger partial charge in [0.1, 0.15) is 11.0 Å². The van der Waals surface area contributed by atoms with Gasteiger partial charge in [0.25, 0.3) is 0 Å². The topological polar surface area (TPSA) is 59.5 Å². The van der Waals surface area contributed by atoms with Gasteiger partial charge < -0.3 is 14.8 Å². The molecular weight excluding hydrogens is 435 g/mol. The van der Waals surface area contributed by atoms with Gasteiger partial charge in [0.2, 0.25) is 5.28 Å². The second kappa shape index (κ2) is 12.3. The Bertz CT molecular complexity index is 809. The van der Waals surface area contributed by atoms with Gasteiger partial charge in [0.05, 0.1) is 13.2 Å². The molecule has 0 bridgehead atoms. The SMILES string of the molecule is CCCCCOc1ccc(CN2CCC(Nc3cc(Cl)nc(Cl)n3)CC2)cc1OCC. The molecule has 2 aromatic rings. The molecule has 0 amide bonds. The Labute approximate surface area is 195 Å². The zero-order chi connectivity index (χ0) is 22.1. The molecule has 0 aliphatic carbocycles. The van der Waals surface area contributed by atoms with Crippen LogP contribution in [-0.4, -0.2) is 47.2 Å².